The first-order valence-electron chi connectivity index (χ1n) is 5.67. The predicted octanol–water partition coefficient (Wildman–Crippen LogP) is 2.64. The lowest BCUT2D eigenvalue weighted by molar-refractivity contribution is 0.0497. The minimum atomic E-state index is -0.483. The summed E-state index contributed by atoms with van der Waals surface area (Å²) in [5.41, 5.74) is 0.515. The van der Waals surface area contributed by atoms with Gasteiger partial charge in [-0.05, 0) is 26.8 Å². The average Bonchev–Trinajstić information content (AvgIpc) is 2.59. The van der Waals surface area contributed by atoms with Gasteiger partial charge < -0.3 is 14.8 Å². The van der Waals surface area contributed by atoms with Crippen LogP contribution in [-0.2, 0) is 4.74 Å². The number of benzene rings is 1. The summed E-state index contributed by atoms with van der Waals surface area (Å²) in [6.07, 6.45) is -0.414. The second-order valence-electron chi connectivity index (χ2n) is 5.05. The minimum absolute atomic E-state index is 0.124. The third-order valence-electron chi connectivity index (χ3n) is 2.39. The van der Waals surface area contributed by atoms with Gasteiger partial charge in [0, 0.05) is 5.56 Å². The molecule has 1 N–H and O–H groups in total. The average molecular weight is 235 g/mol. The molecule has 1 amide bonds. The lowest BCUT2D eigenvalue weighted by atomic mass is 10.1. The number of alkyl carbamates (subject to hydrolysis) is 1. The van der Waals surface area contributed by atoms with Gasteiger partial charge in [-0.1, -0.05) is 18.2 Å². The molecule has 1 aromatic carbocycles. The molecule has 4 heteroatoms. The van der Waals surface area contributed by atoms with Crippen molar-refractivity contribution in [3.63, 3.8) is 0 Å². The molecule has 0 spiro atoms. The van der Waals surface area contributed by atoms with Gasteiger partial charge >= 0.3 is 6.09 Å². The Hall–Kier alpha value is -1.71. The number of nitrogens with one attached hydrogen (secondary N) is 1. The summed E-state index contributed by atoms with van der Waals surface area (Å²) in [5.74, 6) is 0.827. The second-order valence-corrected chi connectivity index (χ2v) is 5.05. The van der Waals surface area contributed by atoms with E-state index in [9.17, 15) is 4.79 Å². The SMILES string of the molecule is CC(C)(C)OC(=O)NC1COc2ccccc21. The number of rotatable bonds is 1. The normalized spacial score (nSPS) is 18.2. The van der Waals surface area contributed by atoms with Crippen molar-refractivity contribution in [3.05, 3.63) is 29.8 Å². The second kappa shape index (κ2) is 4.28. The summed E-state index contributed by atoms with van der Waals surface area (Å²) in [6, 6.07) is 7.56. The van der Waals surface area contributed by atoms with E-state index < -0.39 is 11.7 Å². The van der Waals surface area contributed by atoms with Crippen LogP contribution >= 0.6 is 0 Å². The van der Waals surface area contributed by atoms with E-state index in [1.165, 1.54) is 0 Å². The molecule has 17 heavy (non-hydrogen) atoms. The fourth-order valence-electron chi connectivity index (χ4n) is 1.73. The van der Waals surface area contributed by atoms with Crippen LogP contribution < -0.4 is 10.1 Å². The molecule has 1 aliphatic heterocycles. The maximum absolute atomic E-state index is 11.6. The summed E-state index contributed by atoms with van der Waals surface area (Å²) >= 11 is 0. The Morgan fingerprint density at radius 2 is 2.12 bits per heavy atom. The maximum Gasteiger partial charge on any atom is 0.408 e. The van der Waals surface area contributed by atoms with E-state index >= 15 is 0 Å². The zero-order valence-electron chi connectivity index (χ0n) is 10.3. The molecule has 0 bridgehead atoms. The highest BCUT2D eigenvalue weighted by Crippen LogP contribution is 2.31. The van der Waals surface area contributed by atoms with Gasteiger partial charge in [0.15, 0.2) is 0 Å². The van der Waals surface area contributed by atoms with Gasteiger partial charge in [0.2, 0.25) is 0 Å². The largest absolute Gasteiger partial charge is 0.491 e. The molecule has 1 heterocycles. The first-order valence-corrected chi connectivity index (χ1v) is 5.67. The van der Waals surface area contributed by atoms with Crippen molar-refractivity contribution in [1.29, 1.82) is 0 Å². The number of fused-ring (bicyclic) bond motifs is 1. The summed E-state index contributed by atoms with van der Waals surface area (Å²) in [5, 5.41) is 2.81. The fourth-order valence-corrected chi connectivity index (χ4v) is 1.73. The van der Waals surface area contributed by atoms with Crippen LogP contribution in [0.25, 0.3) is 0 Å². The molecule has 4 nitrogen and oxygen atoms in total. The highest BCUT2D eigenvalue weighted by atomic mass is 16.6. The lowest BCUT2D eigenvalue weighted by Crippen LogP contribution is -2.35. The Morgan fingerprint density at radius 3 is 2.82 bits per heavy atom. The minimum Gasteiger partial charge on any atom is -0.491 e. The van der Waals surface area contributed by atoms with Crippen molar-refractivity contribution in [2.75, 3.05) is 6.61 Å². The first kappa shape index (κ1) is 11.8. The van der Waals surface area contributed by atoms with E-state index in [0.717, 1.165) is 11.3 Å². The van der Waals surface area contributed by atoms with E-state index in [1.807, 2.05) is 45.0 Å². The molecular formula is C13H17NO3. The van der Waals surface area contributed by atoms with Crippen LogP contribution in [0, 0.1) is 0 Å². The topological polar surface area (TPSA) is 47.6 Å². The van der Waals surface area contributed by atoms with Gasteiger partial charge in [0.1, 0.15) is 18.0 Å². The van der Waals surface area contributed by atoms with Crippen molar-refractivity contribution in [2.24, 2.45) is 0 Å². The Bertz CT molecular complexity index is 423. The zero-order valence-corrected chi connectivity index (χ0v) is 10.3. The van der Waals surface area contributed by atoms with Gasteiger partial charge in [-0.25, -0.2) is 4.79 Å². The third-order valence-corrected chi connectivity index (χ3v) is 2.39. The molecule has 0 saturated heterocycles. The number of amides is 1. The van der Waals surface area contributed by atoms with Crippen molar-refractivity contribution in [3.8, 4) is 5.75 Å². The fraction of sp³-hybridized carbons (Fsp3) is 0.462. The van der Waals surface area contributed by atoms with Crippen LogP contribution in [0.2, 0.25) is 0 Å². The molecular weight excluding hydrogens is 218 g/mol. The molecule has 0 aromatic heterocycles. The summed E-state index contributed by atoms with van der Waals surface area (Å²) in [4.78, 5) is 11.6. The molecule has 0 saturated carbocycles. The number of hydrogen-bond donors (Lipinski definition) is 1. The molecule has 1 atom stereocenters. The monoisotopic (exact) mass is 235 g/mol. The Balaban J connectivity index is 2.00. The van der Waals surface area contributed by atoms with Gasteiger partial charge in [0.25, 0.3) is 0 Å². The zero-order chi connectivity index (χ0) is 12.5. The quantitative estimate of drug-likeness (QED) is 0.814. The summed E-state index contributed by atoms with van der Waals surface area (Å²) in [6.45, 7) is 5.97. The number of hydrogen-bond acceptors (Lipinski definition) is 3. The Labute approximate surface area is 101 Å². The molecule has 92 valence electrons. The number of carbonyl (C=O) groups is 1. The van der Waals surface area contributed by atoms with Crippen LogP contribution in [0.3, 0.4) is 0 Å². The molecule has 1 aliphatic rings. The van der Waals surface area contributed by atoms with Crippen molar-refractivity contribution < 1.29 is 14.3 Å². The predicted molar refractivity (Wildman–Crippen MR) is 64.0 cm³/mol. The highest BCUT2D eigenvalue weighted by molar-refractivity contribution is 5.69. The molecule has 2 rings (SSSR count). The molecule has 1 unspecified atom stereocenters. The van der Waals surface area contributed by atoms with E-state index in [2.05, 4.69) is 5.32 Å². The van der Waals surface area contributed by atoms with Gasteiger partial charge in [-0.15, -0.1) is 0 Å². The van der Waals surface area contributed by atoms with Crippen LogP contribution in [0.1, 0.15) is 32.4 Å². The van der Waals surface area contributed by atoms with E-state index in [-0.39, 0.29) is 6.04 Å². The van der Waals surface area contributed by atoms with Crippen LogP contribution in [-0.4, -0.2) is 18.3 Å². The third kappa shape index (κ3) is 2.90. The van der Waals surface area contributed by atoms with Gasteiger partial charge in [0.05, 0.1) is 6.04 Å². The molecule has 0 aliphatic carbocycles. The Kier molecular flexibility index (Phi) is 2.96. The summed E-state index contributed by atoms with van der Waals surface area (Å²) < 4.78 is 10.7. The van der Waals surface area contributed by atoms with Crippen molar-refractivity contribution >= 4 is 6.09 Å². The lowest BCUT2D eigenvalue weighted by Gasteiger charge is -2.21. The van der Waals surface area contributed by atoms with Gasteiger partial charge in [-0.2, -0.15) is 0 Å². The Morgan fingerprint density at radius 1 is 1.41 bits per heavy atom. The number of ether oxygens (including phenoxy) is 2. The van der Waals surface area contributed by atoms with Crippen LogP contribution in [0.4, 0.5) is 4.79 Å². The van der Waals surface area contributed by atoms with Gasteiger partial charge in [-0.3, -0.25) is 0 Å². The van der Waals surface area contributed by atoms with Crippen LogP contribution in [0.5, 0.6) is 5.75 Å². The number of carbonyl (C=O) groups excluding carboxylic acids is 1. The maximum atomic E-state index is 11.6. The van der Waals surface area contributed by atoms with Crippen molar-refractivity contribution in [2.45, 2.75) is 32.4 Å². The molecule has 0 radical (unpaired) electrons. The highest BCUT2D eigenvalue weighted by Gasteiger charge is 2.27. The van der Waals surface area contributed by atoms with E-state index in [4.69, 9.17) is 9.47 Å². The summed E-state index contributed by atoms with van der Waals surface area (Å²) in [7, 11) is 0. The molecule has 0 fully saturated rings. The van der Waals surface area contributed by atoms with E-state index in [0.29, 0.717) is 6.61 Å². The standard InChI is InChI=1S/C13H17NO3/c1-13(2,3)17-12(15)14-10-8-16-11-7-5-4-6-9(10)11/h4-7,10H,8H2,1-3H3,(H,14,15). The smallest absolute Gasteiger partial charge is 0.408 e. The number of para-hydroxylation sites is 1. The van der Waals surface area contributed by atoms with Crippen molar-refractivity contribution in [1.82, 2.24) is 5.32 Å². The van der Waals surface area contributed by atoms with Crippen LogP contribution in [0.15, 0.2) is 24.3 Å². The first-order chi connectivity index (χ1) is 7.96. The molecule has 1 aromatic rings. The van der Waals surface area contributed by atoms with E-state index in [1.54, 1.807) is 0 Å².